The van der Waals surface area contributed by atoms with Crippen LogP contribution in [0, 0.1) is 11.8 Å². The summed E-state index contributed by atoms with van der Waals surface area (Å²) in [5.74, 6) is 0.439. The van der Waals surface area contributed by atoms with Gasteiger partial charge in [-0.05, 0) is 29.9 Å². The summed E-state index contributed by atoms with van der Waals surface area (Å²) in [6.07, 6.45) is 7.30. The summed E-state index contributed by atoms with van der Waals surface area (Å²) in [7, 11) is 0. The summed E-state index contributed by atoms with van der Waals surface area (Å²) < 4.78 is 7.02. The number of rotatable bonds is 9. The predicted molar refractivity (Wildman–Crippen MR) is 138 cm³/mol. The second-order valence-electron chi connectivity index (χ2n) is 11.1. The van der Waals surface area contributed by atoms with Crippen LogP contribution in [0.5, 0.6) is 0 Å². The van der Waals surface area contributed by atoms with Gasteiger partial charge in [0, 0.05) is 25.2 Å². The number of benzene rings is 2. The van der Waals surface area contributed by atoms with Gasteiger partial charge < -0.3 is 19.6 Å². The van der Waals surface area contributed by atoms with Crippen molar-refractivity contribution in [1.29, 1.82) is 0 Å². The average Bonchev–Trinajstić information content (AvgIpc) is 3.42. The van der Waals surface area contributed by atoms with Gasteiger partial charge in [0.05, 0.1) is 26.2 Å². The molecule has 6 rings (SSSR count). The number of nitrogens with zero attached hydrogens (tertiary/aromatic N) is 1. The lowest BCUT2D eigenvalue weighted by Crippen LogP contribution is -2.66. The molecule has 2 aromatic rings. The highest BCUT2D eigenvalue weighted by Crippen LogP contribution is 2.38. The number of fused-ring (bicyclic) bond motifs is 3. The minimum Gasteiger partial charge on any atom is -0.453 e. The number of hydrogen-bond donors (Lipinski definition) is 2. The number of carbonyl (C=O) groups is 2. The summed E-state index contributed by atoms with van der Waals surface area (Å²) >= 11 is 0. The molecule has 3 saturated heterocycles. The first-order valence-corrected chi connectivity index (χ1v) is 13.6. The highest BCUT2D eigenvalue weighted by molar-refractivity contribution is 5.85. The van der Waals surface area contributed by atoms with Gasteiger partial charge in [-0.15, -0.1) is 0 Å². The third-order valence-electron chi connectivity index (χ3n) is 8.84. The van der Waals surface area contributed by atoms with Gasteiger partial charge in [0.15, 0.2) is 6.10 Å². The summed E-state index contributed by atoms with van der Waals surface area (Å²) in [4.78, 5) is 26.1. The Balaban J connectivity index is 1.24. The van der Waals surface area contributed by atoms with Gasteiger partial charge in [0.25, 0.3) is 0 Å². The van der Waals surface area contributed by atoms with E-state index in [9.17, 15) is 14.7 Å². The van der Waals surface area contributed by atoms with E-state index >= 15 is 0 Å². The second kappa shape index (κ2) is 10.7. The van der Waals surface area contributed by atoms with Crippen LogP contribution in [0.2, 0.25) is 0 Å². The van der Waals surface area contributed by atoms with Crippen molar-refractivity contribution < 1.29 is 23.9 Å². The Morgan fingerprint density at radius 2 is 1.50 bits per heavy atom. The van der Waals surface area contributed by atoms with Gasteiger partial charge in [-0.3, -0.25) is 4.79 Å². The number of aliphatic hydroxyl groups is 1. The van der Waals surface area contributed by atoms with Crippen LogP contribution < -0.4 is 5.32 Å². The number of quaternary nitrogens is 1. The third kappa shape index (κ3) is 5.21. The number of hydrogen-bond acceptors (Lipinski definition) is 4. The van der Waals surface area contributed by atoms with Crippen molar-refractivity contribution in [3.63, 3.8) is 0 Å². The molecule has 4 fully saturated rings. The zero-order chi connectivity index (χ0) is 25.0. The van der Waals surface area contributed by atoms with E-state index in [4.69, 9.17) is 4.74 Å². The molecule has 0 aromatic heterocycles. The van der Waals surface area contributed by atoms with E-state index in [0.29, 0.717) is 35.9 Å². The maximum absolute atomic E-state index is 13.6. The average molecular weight is 492 g/mol. The minimum absolute atomic E-state index is 0.172. The molecule has 2 N–H and O–H groups in total. The van der Waals surface area contributed by atoms with E-state index in [0.717, 1.165) is 43.5 Å². The summed E-state index contributed by atoms with van der Waals surface area (Å²) in [6, 6.07) is 18.1. The number of piperidine rings is 3. The van der Waals surface area contributed by atoms with Crippen LogP contribution in [0.25, 0.3) is 0 Å². The number of carbonyl (C=O) groups excluding carboxylic acids is 2. The molecule has 3 heterocycles. The zero-order valence-electron chi connectivity index (χ0n) is 21.1. The fourth-order valence-electron chi connectivity index (χ4n) is 6.63. The lowest BCUT2D eigenvalue weighted by molar-refractivity contribution is -0.945. The normalized spacial score (nSPS) is 26.0. The maximum Gasteiger partial charge on any atom is 0.348 e. The molecule has 1 amide bonds. The van der Waals surface area contributed by atoms with Crippen molar-refractivity contribution in [3.05, 3.63) is 71.8 Å². The highest BCUT2D eigenvalue weighted by atomic mass is 16.6. The van der Waals surface area contributed by atoms with E-state index in [2.05, 4.69) is 5.32 Å². The van der Waals surface area contributed by atoms with Crippen molar-refractivity contribution in [1.82, 2.24) is 5.32 Å². The molecular formula is C30H39N2O4+. The van der Waals surface area contributed by atoms with Crippen molar-refractivity contribution in [2.24, 2.45) is 11.8 Å². The highest BCUT2D eigenvalue weighted by Gasteiger charge is 2.50. The third-order valence-corrected chi connectivity index (χ3v) is 8.84. The first kappa shape index (κ1) is 25.0. The SMILES string of the molecule is O=C(CC1CCCC1)NCC[N+]12CCC(CC1)[C@@H](OC(=O)C(O)(c1ccccc1)c1ccccc1)C2. The van der Waals surface area contributed by atoms with E-state index in [1.807, 2.05) is 36.4 Å². The molecule has 6 heteroatoms. The van der Waals surface area contributed by atoms with Gasteiger partial charge >= 0.3 is 5.97 Å². The van der Waals surface area contributed by atoms with Crippen LogP contribution in [0.15, 0.2) is 60.7 Å². The van der Waals surface area contributed by atoms with Crippen LogP contribution in [-0.4, -0.2) is 60.3 Å². The molecule has 1 aliphatic carbocycles. The number of ether oxygens (including phenoxy) is 1. The van der Waals surface area contributed by atoms with Crippen molar-refractivity contribution >= 4 is 11.9 Å². The number of amides is 1. The smallest absolute Gasteiger partial charge is 0.348 e. The second-order valence-corrected chi connectivity index (χ2v) is 11.1. The van der Waals surface area contributed by atoms with Crippen molar-refractivity contribution in [2.75, 3.05) is 32.7 Å². The molecule has 1 saturated carbocycles. The topological polar surface area (TPSA) is 75.6 Å². The van der Waals surface area contributed by atoms with E-state index in [1.54, 1.807) is 24.3 Å². The van der Waals surface area contributed by atoms with Crippen LogP contribution >= 0.6 is 0 Å². The molecule has 4 aliphatic rings. The molecule has 2 bridgehead atoms. The summed E-state index contributed by atoms with van der Waals surface area (Å²) in [5, 5.41) is 14.9. The monoisotopic (exact) mass is 491 g/mol. The Hall–Kier alpha value is -2.70. The minimum atomic E-state index is -1.85. The molecule has 2 aromatic carbocycles. The fourth-order valence-corrected chi connectivity index (χ4v) is 6.63. The molecule has 6 nitrogen and oxygen atoms in total. The molecule has 36 heavy (non-hydrogen) atoms. The Morgan fingerprint density at radius 1 is 0.917 bits per heavy atom. The maximum atomic E-state index is 13.6. The molecule has 0 unspecified atom stereocenters. The Kier molecular flexibility index (Phi) is 7.44. The molecular weight excluding hydrogens is 452 g/mol. The van der Waals surface area contributed by atoms with Crippen LogP contribution in [0.4, 0.5) is 0 Å². The quantitative estimate of drug-likeness (QED) is 0.414. The van der Waals surface area contributed by atoms with Gasteiger partial charge in [-0.2, -0.15) is 0 Å². The van der Waals surface area contributed by atoms with Crippen LogP contribution in [0.3, 0.4) is 0 Å². The molecule has 0 spiro atoms. The van der Waals surface area contributed by atoms with Crippen LogP contribution in [0.1, 0.15) is 56.1 Å². The van der Waals surface area contributed by atoms with Crippen molar-refractivity contribution in [2.45, 2.75) is 56.7 Å². The number of esters is 1. The molecule has 3 aliphatic heterocycles. The summed E-state index contributed by atoms with van der Waals surface area (Å²) in [6.45, 7) is 4.37. The first-order chi connectivity index (χ1) is 17.5. The predicted octanol–water partition coefficient (Wildman–Crippen LogP) is 3.77. The Bertz CT molecular complexity index is 988. The molecule has 0 radical (unpaired) electrons. The lowest BCUT2D eigenvalue weighted by Gasteiger charge is -2.52. The van der Waals surface area contributed by atoms with E-state index < -0.39 is 11.6 Å². The van der Waals surface area contributed by atoms with Gasteiger partial charge in [0.2, 0.25) is 11.5 Å². The van der Waals surface area contributed by atoms with E-state index in [1.165, 1.54) is 25.7 Å². The molecule has 192 valence electrons. The Morgan fingerprint density at radius 3 is 2.08 bits per heavy atom. The van der Waals surface area contributed by atoms with Crippen LogP contribution in [-0.2, 0) is 19.9 Å². The fraction of sp³-hybridized carbons (Fsp3) is 0.533. The Labute approximate surface area is 214 Å². The van der Waals surface area contributed by atoms with E-state index in [-0.39, 0.29) is 12.0 Å². The first-order valence-electron chi connectivity index (χ1n) is 13.6. The lowest BCUT2D eigenvalue weighted by atomic mass is 9.82. The van der Waals surface area contributed by atoms with Gasteiger partial charge in [0.1, 0.15) is 6.54 Å². The van der Waals surface area contributed by atoms with Crippen molar-refractivity contribution in [3.8, 4) is 0 Å². The van der Waals surface area contributed by atoms with Gasteiger partial charge in [-0.25, -0.2) is 4.79 Å². The van der Waals surface area contributed by atoms with Gasteiger partial charge in [-0.1, -0.05) is 73.5 Å². The largest absolute Gasteiger partial charge is 0.453 e. The number of nitrogens with one attached hydrogen (secondary N) is 1. The molecule has 1 atom stereocenters. The summed E-state index contributed by atoms with van der Waals surface area (Å²) in [5.41, 5.74) is -0.833. The standard InChI is InChI=1S/C30H38N2O4/c33-28(21-23-9-7-8-10-23)31-17-20-32-18-15-24(16-19-32)27(22-32)36-29(34)30(35,25-11-3-1-4-12-25)26-13-5-2-6-14-26/h1-6,11-14,23-24,27,35H,7-10,15-22H2/p+1/t24?,27-,32?/m0/s1. The zero-order valence-corrected chi connectivity index (χ0v) is 21.1.